The van der Waals surface area contributed by atoms with E-state index >= 15 is 0 Å². The highest BCUT2D eigenvalue weighted by molar-refractivity contribution is 6.11. The molecular formula is C24H22N2O3. The van der Waals surface area contributed by atoms with Crippen LogP contribution in [-0.4, -0.2) is 23.5 Å². The van der Waals surface area contributed by atoms with E-state index in [9.17, 15) is 14.7 Å². The predicted octanol–water partition coefficient (Wildman–Crippen LogP) is 2.89. The molecule has 0 saturated heterocycles. The highest BCUT2D eigenvalue weighted by Crippen LogP contribution is 2.44. The van der Waals surface area contributed by atoms with Crippen molar-refractivity contribution in [1.82, 2.24) is 5.32 Å². The smallest absolute Gasteiger partial charge is 0.268 e. The van der Waals surface area contributed by atoms with Gasteiger partial charge >= 0.3 is 0 Å². The number of hydrogen-bond acceptors (Lipinski definition) is 3. The molecule has 1 aliphatic rings. The van der Waals surface area contributed by atoms with Crippen LogP contribution in [0.15, 0.2) is 78.9 Å². The quantitative estimate of drug-likeness (QED) is 0.708. The molecule has 1 atom stereocenters. The number of aryl methyl sites for hydroxylation is 1. The van der Waals surface area contributed by atoms with Gasteiger partial charge < -0.3 is 10.4 Å². The average Bonchev–Trinajstić information content (AvgIpc) is 2.97. The minimum absolute atomic E-state index is 0.156. The van der Waals surface area contributed by atoms with E-state index in [4.69, 9.17) is 0 Å². The fourth-order valence-corrected chi connectivity index (χ4v) is 3.66. The summed E-state index contributed by atoms with van der Waals surface area (Å²) >= 11 is 0. The molecule has 0 aromatic heterocycles. The van der Waals surface area contributed by atoms with Gasteiger partial charge in [-0.25, -0.2) is 0 Å². The number of nitrogens with one attached hydrogen (secondary N) is 1. The van der Waals surface area contributed by atoms with E-state index in [-0.39, 0.29) is 12.5 Å². The van der Waals surface area contributed by atoms with Crippen LogP contribution in [0, 0.1) is 6.92 Å². The number of amides is 2. The Kier molecular flexibility index (Phi) is 4.91. The van der Waals surface area contributed by atoms with Crippen LogP contribution in [0.25, 0.3) is 0 Å². The molecule has 5 nitrogen and oxygen atoms in total. The lowest BCUT2D eigenvalue weighted by Gasteiger charge is -2.23. The Balaban J connectivity index is 1.56. The van der Waals surface area contributed by atoms with Crippen molar-refractivity contribution < 1.29 is 14.7 Å². The number of anilines is 1. The predicted molar refractivity (Wildman–Crippen MR) is 111 cm³/mol. The van der Waals surface area contributed by atoms with Crippen LogP contribution in [0.2, 0.25) is 0 Å². The number of rotatable bonds is 5. The first-order valence-corrected chi connectivity index (χ1v) is 9.52. The molecule has 0 unspecified atom stereocenters. The van der Waals surface area contributed by atoms with E-state index in [1.807, 2.05) is 37.3 Å². The molecule has 0 aliphatic carbocycles. The lowest BCUT2D eigenvalue weighted by atomic mass is 9.88. The SMILES string of the molecule is Cc1ccc(CNC(=O)CN2C(=O)[C@](O)(c3ccccc3)c3ccccc32)cc1. The van der Waals surface area contributed by atoms with Gasteiger partial charge in [0.15, 0.2) is 5.60 Å². The summed E-state index contributed by atoms with van der Waals surface area (Å²) in [5, 5.41) is 14.2. The molecule has 0 spiro atoms. The van der Waals surface area contributed by atoms with E-state index in [0.29, 0.717) is 23.4 Å². The highest BCUT2D eigenvalue weighted by Gasteiger charge is 2.51. The van der Waals surface area contributed by atoms with Gasteiger partial charge in [-0.3, -0.25) is 14.5 Å². The van der Waals surface area contributed by atoms with Gasteiger partial charge in [0, 0.05) is 12.1 Å². The van der Waals surface area contributed by atoms with Gasteiger partial charge in [-0.1, -0.05) is 78.4 Å². The summed E-state index contributed by atoms with van der Waals surface area (Å²) in [5.41, 5.74) is 1.86. The molecular weight excluding hydrogens is 364 g/mol. The molecule has 1 heterocycles. The Morgan fingerprint density at radius 2 is 1.62 bits per heavy atom. The number of carbonyl (C=O) groups excluding carboxylic acids is 2. The lowest BCUT2D eigenvalue weighted by Crippen LogP contribution is -2.45. The molecule has 4 rings (SSSR count). The first-order chi connectivity index (χ1) is 14.0. The molecule has 5 heteroatoms. The number of para-hydroxylation sites is 1. The fourth-order valence-electron chi connectivity index (χ4n) is 3.66. The summed E-state index contributed by atoms with van der Waals surface area (Å²) < 4.78 is 0. The monoisotopic (exact) mass is 386 g/mol. The third kappa shape index (κ3) is 3.41. The number of carbonyl (C=O) groups is 2. The Labute approximate surface area is 169 Å². The molecule has 1 aliphatic heterocycles. The van der Waals surface area contributed by atoms with E-state index < -0.39 is 11.5 Å². The summed E-state index contributed by atoms with van der Waals surface area (Å²) in [4.78, 5) is 27.1. The molecule has 0 radical (unpaired) electrons. The standard InChI is InChI=1S/C24H22N2O3/c1-17-11-13-18(14-12-17)15-25-22(27)16-26-21-10-6-5-9-20(21)24(29,23(26)28)19-7-3-2-4-8-19/h2-14,29H,15-16H2,1H3,(H,25,27)/t24-/m0/s1. The number of benzene rings is 3. The van der Waals surface area contributed by atoms with Crippen LogP contribution in [-0.2, 0) is 21.7 Å². The molecule has 0 fully saturated rings. The van der Waals surface area contributed by atoms with Crippen molar-refractivity contribution in [2.75, 3.05) is 11.4 Å². The topological polar surface area (TPSA) is 69.6 Å². The Bertz CT molecular complexity index is 1050. The van der Waals surface area contributed by atoms with Crippen LogP contribution in [0.1, 0.15) is 22.3 Å². The normalized spacial score (nSPS) is 17.9. The van der Waals surface area contributed by atoms with Crippen molar-refractivity contribution in [3.63, 3.8) is 0 Å². The maximum Gasteiger partial charge on any atom is 0.268 e. The minimum atomic E-state index is -1.80. The van der Waals surface area contributed by atoms with Gasteiger partial charge in [-0.05, 0) is 24.1 Å². The number of fused-ring (bicyclic) bond motifs is 1. The minimum Gasteiger partial charge on any atom is -0.372 e. The maximum absolute atomic E-state index is 13.2. The molecule has 29 heavy (non-hydrogen) atoms. The zero-order valence-corrected chi connectivity index (χ0v) is 16.1. The van der Waals surface area contributed by atoms with Crippen molar-refractivity contribution in [2.24, 2.45) is 0 Å². The lowest BCUT2D eigenvalue weighted by molar-refractivity contribution is -0.133. The molecule has 2 amide bonds. The zero-order valence-electron chi connectivity index (χ0n) is 16.1. The summed E-state index contributed by atoms with van der Waals surface area (Å²) in [6, 6.07) is 23.8. The highest BCUT2D eigenvalue weighted by atomic mass is 16.3. The van der Waals surface area contributed by atoms with Crippen LogP contribution < -0.4 is 10.2 Å². The van der Waals surface area contributed by atoms with Gasteiger partial charge in [-0.15, -0.1) is 0 Å². The van der Waals surface area contributed by atoms with Crippen molar-refractivity contribution in [1.29, 1.82) is 0 Å². The summed E-state index contributed by atoms with van der Waals surface area (Å²) in [5.74, 6) is -0.804. The second-order valence-corrected chi connectivity index (χ2v) is 7.25. The van der Waals surface area contributed by atoms with Gasteiger partial charge in [0.25, 0.3) is 5.91 Å². The fraction of sp³-hybridized carbons (Fsp3) is 0.167. The van der Waals surface area contributed by atoms with Gasteiger partial charge in [0.1, 0.15) is 6.54 Å². The van der Waals surface area contributed by atoms with E-state index in [1.165, 1.54) is 4.90 Å². The van der Waals surface area contributed by atoms with Gasteiger partial charge in [-0.2, -0.15) is 0 Å². The van der Waals surface area contributed by atoms with Gasteiger partial charge in [0.2, 0.25) is 5.91 Å². The summed E-state index contributed by atoms with van der Waals surface area (Å²) in [7, 11) is 0. The second kappa shape index (κ2) is 7.53. The Morgan fingerprint density at radius 1 is 0.966 bits per heavy atom. The first-order valence-electron chi connectivity index (χ1n) is 9.52. The molecule has 3 aromatic rings. The van der Waals surface area contributed by atoms with Crippen LogP contribution >= 0.6 is 0 Å². The third-order valence-corrected chi connectivity index (χ3v) is 5.24. The zero-order chi connectivity index (χ0) is 20.4. The molecule has 2 N–H and O–H groups in total. The first kappa shape index (κ1) is 18.9. The van der Waals surface area contributed by atoms with E-state index in [1.54, 1.807) is 48.5 Å². The summed E-state index contributed by atoms with van der Waals surface area (Å²) in [6.45, 7) is 2.23. The van der Waals surface area contributed by atoms with Crippen LogP contribution in [0.5, 0.6) is 0 Å². The second-order valence-electron chi connectivity index (χ2n) is 7.25. The van der Waals surface area contributed by atoms with E-state index in [2.05, 4.69) is 5.32 Å². The molecule has 0 saturated carbocycles. The number of aliphatic hydroxyl groups is 1. The van der Waals surface area contributed by atoms with Crippen LogP contribution in [0.4, 0.5) is 5.69 Å². The maximum atomic E-state index is 13.2. The molecule has 146 valence electrons. The summed E-state index contributed by atoms with van der Waals surface area (Å²) in [6.07, 6.45) is 0. The van der Waals surface area contributed by atoms with Crippen LogP contribution in [0.3, 0.4) is 0 Å². The van der Waals surface area contributed by atoms with Crippen molar-refractivity contribution in [2.45, 2.75) is 19.1 Å². The van der Waals surface area contributed by atoms with E-state index in [0.717, 1.165) is 11.1 Å². The van der Waals surface area contributed by atoms with Crippen molar-refractivity contribution >= 4 is 17.5 Å². The van der Waals surface area contributed by atoms with Gasteiger partial charge in [0.05, 0.1) is 5.69 Å². The molecule has 3 aromatic carbocycles. The Morgan fingerprint density at radius 3 is 2.34 bits per heavy atom. The third-order valence-electron chi connectivity index (χ3n) is 5.24. The van der Waals surface area contributed by atoms with Crippen molar-refractivity contribution in [3.8, 4) is 0 Å². The van der Waals surface area contributed by atoms with Crippen molar-refractivity contribution in [3.05, 3.63) is 101 Å². The largest absolute Gasteiger partial charge is 0.372 e. The average molecular weight is 386 g/mol. The number of nitrogens with zero attached hydrogens (tertiary/aromatic N) is 1. The Hall–Kier alpha value is -3.44. The molecule has 0 bridgehead atoms. The number of hydrogen-bond donors (Lipinski definition) is 2.